The molecule has 0 atom stereocenters. The predicted molar refractivity (Wildman–Crippen MR) is 76.3 cm³/mol. The van der Waals surface area contributed by atoms with Crippen LogP contribution in [0.25, 0.3) is 22.6 Å². The minimum absolute atomic E-state index is 1.05. The quantitative estimate of drug-likeness (QED) is 0.644. The van der Waals surface area contributed by atoms with E-state index >= 15 is 0 Å². The second kappa shape index (κ2) is 3.61. The van der Waals surface area contributed by atoms with E-state index in [9.17, 15) is 0 Å². The van der Waals surface area contributed by atoms with E-state index in [1.807, 2.05) is 6.20 Å². The highest BCUT2D eigenvalue weighted by Gasteiger charge is 2.13. The van der Waals surface area contributed by atoms with Crippen molar-refractivity contribution in [1.29, 1.82) is 0 Å². The molecule has 86 valence electrons. The number of H-pyrrole nitrogens is 1. The van der Waals surface area contributed by atoms with Gasteiger partial charge in [-0.25, -0.2) is 0 Å². The molecule has 1 aliphatic carbocycles. The van der Waals surface area contributed by atoms with Crippen LogP contribution in [0, 0.1) is 0 Å². The van der Waals surface area contributed by atoms with E-state index in [2.05, 4.69) is 59.6 Å². The minimum atomic E-state index is 1.05. The molecule has 0 spiro atoms. The van der Waals surface area contributed by atoms with Crippen LogP contribution in [0.4, 0.5) is 0 Å². The average molecular weight is 231 g/mol. The van der Waals surface area contributed by atoms with Crippen LogP contribution in [0.2, 0.25) is 0 Å². The first-order valence-corrected chi connectivity index (χ1v) is 6.26. The maximum absolute atomic E-state index is 3.24. The summed E-state index contributed by atoms with van der Waals surface area (Å²) in [5.74, 6) is 0. The third-order valence-corrected chi connectivity index (χ3v) is 3.69. The number of nitrogens with one attached hydrogen (secondary N) is 1. The van der Waals surface area contributed by atoms with Gasteiger partial charge in [-0.2, -0.15) is 0 Å². The van der Waals surface area contributed by atoms with E-state index in [1.54, 1.807) is 0 Å². The lowest BCUT2D eigenvalue weighted by Gasteiger charge is -2.02. The van der Waals surface area contributed by atoms with Gasteiger partial charge in [-0.05, 0) is 52.3 Å². The summed E-state index contributed by atoms with van der Waals surface area (Å²) in [6, 6.07) is 17.4. The van der Waals surface area contributed by atoms with Crippen LogP contribution in [-0.2, 0) is 6.42 Å². The molecule has 0 bridgehead atoms. The van der Waals surface area contributed by atoms with Crippen LogP contribution in [0.3, 0.4) is 0 Å². The third kappa shape index (κ3) is 1.41. The van der Waals surface area contributed by atoms with Gasteiger partial charge in [0.05, 0.1) is 0 Å². The van der Waals surface area contributed by atoms with E-state index in [4.69, 9.17) is 0 Å². The number of benzene rings is 2. The highest BCUT2D eigenvalue weighted by atomic mass is 14.7. The SMILES string of the molecule is C1=C(c2ccc3[nH]ccc3c2)Cc2ccccc21. The maximum atomic E-state index is 3.24. The number of rotatable bonds is 1. The number of allylic oxidation sites excluding steroid dienone is 1. The van der Waals surface area contributed by atoms with Crippen molar-refractivity contribution in [1.82, 2.24) is 4.98 Å². The Balaban J connectivity index is 1.81. The molecule has 0 saturated heterocycles. The zero-order chi connectivity index (χ0) is 11.9. The number of hydrogen-bond acceptors (Lipinski definition) is 0. The predicted octanol–water partition coefficient (Wildman–Crippen LogP) is 4.26. The Morgan fingerprint density at radius 3 is 2.83 bits per heavy atom. The van der Waals surface area contributed by atoms with Gasteiger partial charge in [0.2, 0.25) is 0 Å². The van der Waals surface area contributed by atoms with Crippen LogP contribution >= 0.6 is 0 Å². The Morgan fingerprint density at radius 1 is 0.944 bits per heavy atom. The van der Waals surface area contributed by atoms with Crippen molar-refractivity contribution in [2.75, 3.05) is 0 Å². The molecule has 0 radical (unpaired) electrons. The molecule has 2 aromatic carbocycles. The summed E-state index contributed by atoms with van der Waals surface area (Å²) in [5.41, 5.74) is 6.75. The lowest BCUT2D eigenvalue weighted by molar-refractivity contribution is 1.32. The molecule has 1 N–H and O–H groups in total. The summed E-state index contributed by atoms with van der Waals surface area (Å²) in [4.78, 5) is 3.24. The first kappa shape index (κ1) is 9.72. The smallest absolute Gasteiger partial charge is 0.0454 e. The average Bonchev–Trinajstić information content (AvgIpc) is 3.04. The van der Waals surface area contributed by atoms with E-state index in [1.165, 1.54) is 33.2 Å². The number of fused-ring (bicyclic) bond motifs is 2. The molecule has 18 heavy (non-hydrogen) atoms. The second-order valence-electron chi connectivity index (χ2n) is 4.82. The largest absolute Gasteiger partial charge is 0.361 e. The van der Waals surface area contributed by atoms with Crippen molar-refractivity contribution in [2.45, 2.75) is 6.42 Å². The number of aromatic nitrogens is 1. The van der Waals surface area contributed by atoms with Crippen molar-refractivity contribution in [3.8, 4) is 0 Å². The van der Waals surface area contributed by atoms with Gasteiger partial charge in [0.25, 0.3) is 0 Å². The Labute approximate surface area is 106 Å². The lowest BCUT2D eigenvalue weighted by atomic mass is 10.0. The molecule has 1 aliphatic rings. The maximum Gasteiger partial charge on any atom is 0.0454 e. The zero-order valence-corrected chi connectivity index (χ0v) is 9.98. The summed E-state index contributed by atoms with van der Waals surface area (Å²) in [7, 11) is 0. The van der Waals surface area contributed by atoms with Gasteiger partial charge >= 0.3 is 0 Å². The monoisotopic (exact) mass is 231 g/mol. The van der Waals surface area contributed by atoms with Gasteiger partial charge in [-0.15, -0.1) is 0 Å². The first-order valence-electron chi connectivity index (χ1n) is 6.26. The van der Waals surface area contributed by atoms with Crippen LogP contribution in [0.15, 0.2) is 54.7 Å². The van der Waals surface area contributed by atoms with Gasteiger partial charge in [-0.1, -0.05) is 36.4 Å². The van der Waals surface area contributed by atoms with Crippen LogP contribution in [-0.4, -0.2) is 4.98 Å². The molecule has 0 amide bonds. The molecule has 3 aromatic rings. The molecular weight excluding hydrogens is 218 g/mol. The van der Waals surface area contributed by atoms with E-state index < -0.39 is 0 Å². The van der Waals surface area contributed by atoms with Crippen LogP contribution in [0.1, 0.15) is 16.7 Å². The van der Waals surface area contributed by atoms with Crippen LogP contribution in [0.5, 0.6) is 0 Å². The van der Waals surface area contributed by atoms with Crippen molar-refractivity contribution >= 4 is 22.6 Å². The Bertz CT molecular complexity index is 762. The van der Waals surface area contributed by atoms with Crippen molar-refractivity contribution in [3.05, 3.63) is 71.4 Å². The molecule has 1 aromatic heterocycles. The highest BCUT2D eigenvalue weighted by molar-refractivity contribution is 5.92. The van der Waals surface area contributed by atoms with Gasteiger partial charge in [0, 0.05) is 11.7 Å². The van der Waals surface area contributed by atoms with Gasteiger partial charge in [0.15, 0.2) is 0 Å². The molecule has 4 rings (SSSR count). The molecular formula is C17H13N. The van der Waals surface area contributed by atoms with Gasteiger partial charge < -0.3 is 4.98 Å². The minimum Gasteiger partial charge on any atom is -0.361 e. The van der Waals surface area contributed by atoms with Crippen molar-refractivity contribution in [3.63, 3.8) is 0 Å². The molecule has 0 saturated carbocycles. The zero-order valence-electron chi connectivity index (χ0n) is 9.98. The van der Waals surface area contributed by atoms with E-state index in [0.29, 0.717) is 0 Å². The van der Waals surface area contributed by atoms with Crippen LogP contribution < -0.4 is 0 Å². The summed E-state index contributed by atoms with van der Waals surface area (Å²) in [6.45, 7) is 0. The molecule has 0 fully saturated rings. The number of aromatic amines is 1. The summed E-state index contributed by atoms with van der Waals surface area (Å²) < 4.78 is 0. The molecule has 0 unspecified atom stereocenters. The normalized spacial score (nSPS) is 13.7. The second-order valence-corrected chi connectivity index (χ2v) is 4.82. The summed E-state index contributed by atoms with van der Waals surface area (Å²) in [6.07, 6.45) is 5.35. The third-order valence-electron chi connectivity index (χ3n) is 3.69. The fraction of sp³-hybridized carbons (Fsp3) is 0.0588. The fourth-order valence-corrected chi connectivity index (χ4v) is 2.72. The Kier molecular flexibility index (Phi) is 1.95. The first-order chi connectivity index (χ1) is 8.90. The fourth-order valence-electron chi connectivity index (χ4n) is 2.72. The topological polar surface area (TPSA) is 15.8 Å². The highest BCUT2D eigenvalue weighted by Crippen LogP contribution is 2.32. The lowest BCUT2D eigenvalue weighted by Crippen LogP contribution is -1.85. The molecule has 1 heterocycles. The summed E-state index contributed by atoms with van der Waals surface area (Å²) in [5, 5.41) is 1.28. The van der Waals surface area contributed by atoms with Gasteiger partial charge in [0.1, 0.15) is 0 Å². The molecule has 1 heteroatoms. The molecule has 0 aliphatic heterocycles. The molecule has 1 nitrogen and oxygen atoms in total. The van der Waals surface area contributed by atoms with E-state index in [-0.39, 0.29) is 0 Å². The Morgan fingerprint density at radius 2 is 1.89 bits per heavy atom. The number of hydrogen-bond donors (Lipinski definition) is 1. The standard InChI is InChI=1S/C17H13N/c1-2-4-13-11-16(10-12(13)3-1)14-5-6-17-15(9-14)7-8-18-17/h1-10,18H,11H2. The van der Waals surface area contributed by atoms with E-state index in [0.717, 1.165) is 6.42 Å². The van der Waals surface area contributed by atoms with Crippen molar-refractivity contribution < 1.29 is 0 Å². The van der Waals surface area contributed by atoms with Gasteiger partial charge in [-0.3, -0.25) is 0 Å². The Hall–Kier alpha value is -2.28. The van der Waals surface area contributed by atoms with Crippen molar-refractivity contribution in [2.24, 2.45) is 0 Å². The summed E-state index contributed by atoms with van der Waals surface area (Å²) >= 11 is 0.